The predicted molar refractivity (Wildman–Crippen MR) is 229 cm³/mol. The summed E-state index contributed by atoms with van der Waals surface area (Å²) in [5.41, 5.74) is -0.630. The van der Waals surface area contributed by atoms with Gasteiger partial charge in [-0.05, 0) is 99.7 Å². The lowest BCUT2D eigenvalue weighted by Gasteiger charge is -2.67. The Balaban J connectivity index is 0.999. The van der Waals surface area contributed by atoms with E-state index in [1.54, 1.807) is 13.8 Å². The molecular formula is C48H82O15. The molecule has 6 fully saturated rings. The van der Waals surface area contributed by atoms with Gasteiger partial charge >= 0.3 is 0 Å². The summed E-state index contributed by atoms with van der Waals surface area (Å²) in [6, 6.07) is 0. The molecule has 4 aliphatic carbocycles. The van der Waals surface area contributed by atoms with E-state index in [2.05, 4.69) is 47.6 Å². The second-order valence-electron chi connectivity index (χ2n) is 22.7. The van der Waals surface area contributed by atoms with Gasteiger partial charge in [-0.15, -0.1) is 0 Å². The summed E-state index contributed by atoms with van der Waals surface area (Å²) in [6.07, 6.45) is -1.55. The normalized spacial score (nSPS) is 48.7. The van der Waals surface area contributed by atoms with Gasteiger partial charge in [-0.3, -0.25) is 0 Å². The van der Waals surface area contributed by atoms with Gasteiger partial charge in [0.2, 0.25) is 0 Å². The first-order chi connectivity index (χ1) is 29.5. The Labute approximate surface area is 374 Å². The minimum absolute atomic E-state index is 0.00424. The fourth-order valence-electron chi connectivity index (χ4n) is 14.2. The van der Waals surface area contributed by atoms with Gasteiger partial charge in [-0.1, -0.05) is 53.2 Å². The molecule has 0 bridgehead atoms. The Bertz CT molecular complexity index is 1570. The highest BCUT2D eigenvalue weighted by atomic mass is 16.7. The van der Waals surface area contributed by atoms with Gasteiger partial charge in [0.15, 0.2) is 18.9 Å². The zero-order valence-electron chi connectivity index (χ0n) is 39.1. The second kappa shape index (κ2) is 18.9. The average Bonchev–Trinajstić information content (AvgIpc) is 3.48. The zero-order chi connectivity index (χ0) is 46.0. The van der Waals surface area contributed by atoms with E-state index in [1.165, 1.54) is 5.57 Å². The van der Waals surface area contributed by atoms with E-state index in [9.17, 15) is 46.0 Å². The Hall–Kier alpha value is -0.860. The molecule has 15 nitrogen and oxygen atoms in total. The Morgan fingerprint density at radius 1 is 0.778 bits per heavy atom. The Morgan fingerprint density at radius 3 is 2.11 bits per heavy atom. The van der Waals surface area contributed by atoms with Crippen molar-refractivity contribution in [2.45, 2.75) is 224 Å². The number of ether oxygens (including phenoxy) is 6. The summed E-state index contributed by atoms with van der Waals surface area (Å²) >= 11 is 0. The van der Waals surface area contributed by atoms with E-state index in [4.69, 9.17) is 28.4 Å². The van der Waals surface area contributed by atoms with Crippen molar-refractivity contribution in [3.63, 3.8) is 0 Å². The molecule has 0 radical (unpaired) electrons. The van der Waals surface area contributed by atoms with Gasteiger partial charge in [-0.25, -0.2) is 0 Å². The van der Waals surface area contributed by atoms with E-state index in [1.807, 2.05) is 0 Å². The van der Waals surface area contributed by atoms with Crippen LogP contribution in [0.3, 0.4) is 0 Å². The first kappa shape index (κ1) is 50.0. The standard InChI is InChI=1S/C48H82O15/c1-25(9-13-37(45(4,5)57)63-38-19-26(51)17-28(22-49)59-38)30-15-16-46(6)34-12-10-31-32(48(34,8)35(53)21-47(30,46)7)11-14-36(44(31,2)3)62-39-20-27(52)18-29(60-39)24-58-43-42(56)41(55)40(54)33(23-50)61-43/h10,25-30,32-43,49-57H,9,11-24H2,1-8H3/t25-,26+,27+,28+,29+,30?,32?,33-,34?,35-,36+,37-,38+,39+,40-,41+,42-,43-,46+,47-,48+/m1/s1. The van der Waals surface area contributed by atoms with Crippen molar-refractivity contribution in [2.24, 2.45) is 45.3 Å². The second-order valence-corrected chi connectivity index (χ2v) is 22.7. The summed E-state index contributed by atoms with van der Waals surface area (Å²) in [5.74, 6) is 1.14. The van der Waals surface area contributed by atoms with Crippen molar-refractivity contribution < 1.29 is 74.4 Å². The van der Waals surface area contributed by atoms with Crippen LogP contribution in [0.5, 0.6) is 0 Å². The summed E-state index contributed by atoms with van der Waals surface area (Å²) in [7, 11) is 0. The fourth-order valence-corrected chi connectivity index (χ4v) is 14.2. The van der Waals surface area contributed by atoms with Crippen molar-refractivity contribution in [1.29, 1.82) is 0 Å². The van der Waals surface area contributed by atoms with Crippen LogP contribution in [0.2, 0.25) is 0 Å². The van der Waals surface area contributed by atoms with Gasteiger partial charge in [0.25, 0.3) is 0 Å². The summed E-state index contributed by atoms with van der Waals surface area (Å²) in [6.45, 7) is 16.7. The molecule has 0 aromatic rings. The molecule has 21 atom stereocenters. The number of hydrogen-bond acceptors (Lipinski definition) is 15. The molecule has 0 spiro atoms. The molecule has 0 aromatic carbocycles. The van der Waals surface area contributed by atoms with Crippen LogP contribution in [0.4, 0.5) is 0 Å². The fraction of sp³-hybridized carbons (Fsp3) is 0.958. The third-order valence-corrected chi connectivity index (χ3v) is 18.1. The molecule has 9 N–H and O–H groups in total. The minimum Gasteiger partial charge on any atom is -0.394 e. The third kappa shape index (κ3) is 9.36. The highest BCUT2D eigenvalue weighted by Gasteiger charge is 2.70. The summed E-state index contributed by atoms with van der Waals surface area (Å²) in [4.78, 5) is 0. The van der Waals surface area contributed by atoms with Crippen LogP contribution in [-0.4, -0.2) is 157 Å². The SMILES string of the molecule is C[C@H](CC[C@@H](O[C@H]1C[C@@H](O)C[C@@H](CO)O1)C(C)(C)O)C1CC[C@@]2(C)C3CC=C4C(CC[C@H](O[C@H]5C[C@@H](O)C[C@@H](CO[C@@H]6O[C@H](CO)[C@@H](O)[C@H](O)[C@H]6O)O5)C4(C)C)[C@]3(C)[C@H](O)C[C@]12C. The minimum atomic E-state index is -1.56. The predicted octanol–water partition coefficient (Wildman–Crippen LogP) is 3.06. The summed E-state index contributed by atoms with van der Waals surface area (Å²) < 4.78 is 36.6. The van der Waals surface area contributed by atoms with Gasteiger partial charge < -0.3 is 74.4 Å². The monoisotopic (exact) mass is 899 g/mol. The first-order valence-corrected chi connectivity index (χ1v) is 24.1. The topological polar surface area (TPSA) is 237 Å². The van der Waals surface area contributed by atoms with Crippen molar-refractivity contribution in [3.05, 3.63) is 11.6 Å². The molecular weight excluding hydrogens is 817 g/mol. The smallest absolute Gasteiger partial charge is 0.186 e. The van der Waals surface area contributed by atoms with Crippen molar-refractivity contribution in [1.82, 2.24) is 0 Å². The quantitative estimate of drug-likeness (QED) is 0.114. The van der Waals surface area contributed by atoms with Crippen LogP contribution in [-0.2, 0) is 28.4 Å². The molecule has 7 aliphatic rings. The molecule has 3 heterocycles. The average molecular weight is 899 g/mol. The number of rotatable bonds is 14. The largest absolute Gasteiger partial charge is 0.394 e. The van der Waals surface area contributed by atoms with Crippen LogP contribution in [0.1, 0.15) is 132 Å². The molecule has 63 heavy (non-hydrogen) atoms. The van der Waals surface area contributed by atoms with E-state index < -0.39 is 92.1 Å². The van der Waals surface area contributed by atoms with Gasteiger partial charge in [0.05, 0.1) is 68.1 Å². The molecule has 0 amide bonds. The first-order valence-electron chi connectivity index (χ1n) is 24.1. The lowest BCUT2D eigenvalue weighted by atomic mass is 9.38. The number of aliphatic hydroxyl groups excluding tert-OH is 8. The number of aliphatic hydroxyl groups is 9. The zero-order valence-corrected chi connectivity index (χ0v) is 39.1. The van der Waals surface area contributed by atoms with Crippen LogP contribution >= 0.6 is 0 Å². The van der Waals surface area contributed by atoms with Crippen LogP contribution < -0.4 is 0 Å². The van der Waals surface area contributed by atoms with Gasteiger partial charge in [0.1, 0.15) is 24.4 Å². The molecule has 364 valence electrons. The maximum atomic E-state index is 12.6. The number of hydrogen-bond donors (Lipinski definition) is 9. The molecule has 3 saturated heterocycles. The lowest BCUT2D eigenvalue weighted by Crippen LogP contribution is -2.64. The van der Waals surface area contributed by atoms with E-state index >= 15 is 0 Å². The van der Waals surface area contributed by atoms with Gasteiger partial charge in [0, 0.05) is 36.5 Å². The highest BCUT2D eigenvalue weighted by Crippen LogP contribution is 2.75. The Kier molecular flexibility index (Phi) is 15.0. The molecule has 15 heteroatoms. The maximum absolute atomic E-state index is 12.6. The van der Waals surface area contributed by atoms with E-state index in [0.29, 0.717) is 31.1 Å². The van der Waals surface area contributed by atoms with Gasteiger partial charge in [-0.2, -0.15) is 0 Å². The maximum Gasteiger partial charge on any atom is 0.186 e. The highest BCUT2D eigenvalue weighted by molar-refractivity contribution is 5.32. The Morgan fingerprint density at radius 2 is 1.44 bits per heavy atom. The molecule has 3 aliphatic heterocycles. The van der Waals surface area contributed by atoms with Crippen molar-refractivity contribution in [2.75, 3.05) is 19.8 Å². The van der Waals surface area contributed by atoms with Crippen LogP contribution in [0.25, 0.3) is 0 Å². The third-order valence-electron chi connectivity index (χ3n) is 18.1. The number of fused-ring (bicyclic) bond motifs is 5. The molecule has 0 aromatic heterocycles. The van der Waals surface area contributed by atoms with Crippen molar-refractivity contribution >= 4 is 0 Å². The number of allylic oxidation sites excluding steroid dienone is 1. The van der Waals surface area contributed by atoms with Crippen LogP contribution in [0.15, 0.2) is 11.6 Å². The van der Waals surface area contributed by atoms with Crippen molar-refractivity contribution in [3.8, 4) is 0 Å². The molecule has 3 unspecified atom stereocenters. The molecule has 7 rings (SSSR count). The lowest BCUT2D eigenvalue weighted by molar-refractivity contribution is -0.315. The summed E-state index contributed by atoms with van der Waals surface area (Å²) in [5, 5.41) is 95.1. The van der Waals surface area contributed by atoms with E-state index in [-0.39, 0.29) is 65.7 Å². The molecule has 3 saturated carbocycles. The van der Waals surface area contributed by atoms with Crippen LogP contribution in [0, 0.1) is 45.3 Å². The van der Waals surface area contributed by atoms with E-state index in [0.717, 1.165) is 44.9 Å².